The van der Waals surface area contributed by atoms with E-state index in [0.29, 0.717) is 6.61 Å². The number of carbonyl (C=O) groups is 1. The third-order valence-electron chi connectivity index (χ3n) is 2.80. The van der Waals surface area contributed by atoms with E-state index in [0.717, 1.165) is 6.42 Å². The Hall–Kier alpha value is -0.690. The number of methoxy groups -OCH3 is 1. The molecule has 4 unspecified atom stereocenters. The highest BCUT2D eigenvalue weighted by atomic mass is 16.5. The minimum atomic E-state index is -1.15. The molecule has 1 saturated carbocycles. The second kappa shape index (κ2) is 6.15. The molecule has 0 radical (unpaired) electrons. The Morgan fingerprint density at radius 3 is 2.88 bits per heavy atom. The molecule has 1 aliphatic carbocycles. The molecule has 16 heavy (non-hydrogen) atoms. The van der Waals surface area contributed by atoms with Crippen molar-refractivity contribution in [3.05, 3.63) is 0 Å². The van der Waals surface area contributed by atoms with Gasteiger partial charge in [0.25, 0.3) is 0 Å². The average molecular weight is 232 g/mol. The highest BCUT2D eigenvalue weighted by Gasteiger charge is 2.42. The predicted molar refractivity (Wildman–Crippen MR) is 57.8 cm³/mol. The molecule has 6 nitrogen and oxygen atoms in total. The first-order valence-corrected chi connectivity index (χ1v) is 5.45. The van der Waals surface area contributed by atoms with Crippen molar-refractivity contribution in [2.24, 2.45) is 5.73 Å². The molecule has 94 valence electrons. The van der Waals surface area contributed by atoms with Crippen molar-refractivity contribution in [2.45, 2.75) is 37.7 Å². The first kappa shape index (κ1) is 13.4. The molecule has 6 heteroatoms. The fourth-order valence-electron chi connectivity index (χ4n) is 1.84. The molecule has 0 bridgehead atoms. The van der Waals surface area contributed by atoms with Crippen molar-refractivity contribution in [1.82, 2.24) is 5.32 Å². The van der Waals surface area contributed by atoms with Gasteiger partial charge in [0.1, 0.15) is 6.10 Å². The lowest BCUT2D eigenvalue weighted by Crippen LogP contribution is -2.61. The number of aliphatic hydroxyl groups is 1. The molecule has 0 spiro atoms. The topological polar surface area (TPSA) is 93.8 Å². The van der Waals surface area contributed by atoms with Crippen LogP contribution in [0.5, 0.6) is 0 Å². The maximum Gasteiger partial charge on any atom is 0.247 e. The summed E-state index contributed by atoms with van der Waals surface area (Å²) in [5.74, 6) is -0.720. The first-order valence-electron chi connectivity index (χ1n) is 5.45. The number of primary amides is 1. The summed E-state index contributed by atoms with van der Waals surface area (Å²) in [6.45, 7) is 2.74. The van der Waals surface area contributed by atoms with Gasteiger partial charge in [0.2, 0.25) is 5.91 Å². The zero-order valence-electron chi connectivity index (χ0n) is 9.68. The lowest BCUT2D eigenvalue weighted by Gasteiger charge is -2.43. The minimum Gasteiger partial charge on any atom is -0.382 e. The van der Waals surface area contributed by atoms with E-state index in [2.05, 4.69) is 5.32 Å². The second-order valence-electron chi connectivity index (χ2n) is 3.86. The third kappa shape index (κ3) is 3.15. The van der Waals surface area contributed by atoms with E-state index in [9.17, 15) is 9.90 Å². The minimum absolute atomic E-state index is 0.0278. The van der Waals surface area contributed by atoms with Crippen LogP contribution in [-0.2, 0) is 14.3 Å². The maximum atomic E-state index is 10.6. The Morgan fingerprint density at radius 2 is 2.38 bits per heavy atom. The number of ether oxygens (including phenoxy) is 2. The van der Waals surface area contributed by atoms with Gasteiger partial charge in [0.05, 0.1) is 12.2 Å². The SMILES string of the molecule is CCOC1CC(NCC(O)C(N)=O)C1OC. The van der Waals surface area contributed by atoms with Gasteiger partial charge in [0.15, 0.2) is 0 Å². The molecule has 0 aromatic heterocycles. The van der Waals surface area contributed by atoms with Gasteiger partial charge in [0, 0.05) is 26.3 Å². The molecule has 0 heterocycles. The van der Waals surface area contributed by atoms with E-state index in [1.807, 2.05) is 6.92 Å². The van der Waals surface area contributed by atoms with E-state index in [1.165, 1.54) is 0 Å². The molecule has 0 saturated heterocycles. The molecular weight excluding hydrogens is 212 g/mol. The molecule has 4 atom stereocenters. The number of hydrogen-bond donors (Lipinski definition) is 3. The van der Waals surface area contributed by atoms with Gasteiger partial charge in [-0.2, -0.15) is 0 Å². The molecule has 1 rings (SSSR count). The predicted octanol–water partition coefficient (Wildman–Crippen LogP) is -1.39. The Balaban J connectivity index is 2.27. The lowest BCUT2D eigenvalue weighted by atomic mass is 9.85. The van der Waals surface area contributed by atoms with Crippen LogP contribution in [0, 0.1) is 0 Å². The highest BCUT2D eigenvalue weighted by Crippen LogP contribution is 2.26. The normalized spacial score (nSPS) is 30.8. The quantitative estimate of drug-likeness (QED) is 0.502. The van der Waals surface area contributed by atoms with Gasteiger partial charge in [-0.15, -0.1) is 0 Å². The lowest BCUT2D eigenvalue weighted by molar-refractivity contribution is -0.135. The van der Waals surface area contributed by atoms with Crippen LogP contribution in [0.2, 0.25) is 0 Å². The molecule has 1 amide bonds. The van der Waals surface area contributed by atoms with E-state index in [1.54, 1.807) is 7.11 Å². The van der Waals surface area contributed by atoms with Crippen molar-refractivity contribution in [1.29, 1.82) is 0 Å². The van der Waals surface area contributed by atoms with Gasteiger partial charge >= 0.3 is 0 Å². The largest absolute Gasteiger partial charge is 0.382 e. The monoisotopic (exact) mass is 232 g/mol. The van der Waals surface area contributed by atoms with Gasteiger partial charge in [-0.1, -0.05) is 0 Å². The summed E-state index contributed by atoms with van der Waals surface area (Å²) >= 11 is 0. The number of amides is 1. The van der Waals surface area contributed by atoms with Crippen LogP contribution in [-0.4, -0.2) is 55.6 Å². The molecule has 1 aliphatic rings. The van der Waals surface area contributed by atoms with E-state index in [-0.39, 0.29) is 24.8 Å². The summed E-state index contributed by atoms with van der Waals surface area (Å²) in [6.07, 6.45) is -0.264. The van der Waals surface area contributed by atoms with Gasteiger partial charge in [-0.05, 0) is 13.3 Å². The number of nitrogens with two attached hydrogens (primary N) is 1. The number of carbonyl (C=O) groups excluding carboxylic acids is 1. The zero-order valence-corrected chi connectivity index (χ0v) is 9.68. The van der Waals surface area contributed by atoms with Crippen LogP contribution in [0.15, 0.2) is 0 Å². The summed E-state index contributed by atoms with van der Waals surface area (Å²) in [6, 6.07) is 0.107. The van der Waals surface area contributed by atoms with Crippen LogP contribution in [0.4, 0.5) is 0 Å². The summed E-state index contributed by atoms with van der Waals surface area (Å²) in [5.41, 5.74) is 4.94. The van der Waals surface area contributed by atoms with Crippen molar-refractivity contribution < 1.29 is 19.4 Å². The van der Waals surface area contributed by atoms with E-state index < -0.39 is 12.0 Å². The molecule has 0 aliphatic heterocycles. The summed E-state index contributed by atoms with van der Waals surface area (Å²) in [5, 5.41) is 12.2. The molecule has 4 N–H and O–H groups in total. The summed E-state index contributed by atoms with van der Waals surface area (Å²) < 4.78 is 10.7. The third-order valence-corrected chi connectivity index (χ3v) is 2.80. The molecule has 1 fully saturated rings. The van der Waals surface area contributed by atoms with E-state index >= 15 is 0 Å². The number of rotatable bonds is 7. The molecule has 0 aromatic rings. The summed E-state index contributed by atoms with van der Waals surface area (Å²) in [7, 11) is 1.62. The van der Waals surface area contributed by atoms with Gasteiger partial charge in [-0.3, -0.25) is 4.79 Å². The van der Waals surface area contributed by atoms with Crippen molar-refractivity contribution in [3.63, 3.8) is 0 Å². The number of hydrogen-bond acceptors (Lipinski definition) is 5. The number of aliphatic hydroxyl groups excluding tert-OH is 1. The Kier molecular flexibility index (Phi) is 5.14. The Labute approximate surface area is 95.1 Å². The van der Waals surface area contributed by atoms with E-state index in [4.69, 9.17) is 15.2 Å². The van der Waals surface area contributed by atoms with Gasteiger partial charge < -0.3 is 25.6 Å². The van der Waals surface area contributed by atoms with Crippen molar-refractivity contribution in [2.75, 3.05) is 20.3 Å². The fourth-order valence-corrected chi connectivity index (χ4v) is 1.84. The smallest absolute Gasteiger partial charge is 0.247 e. The average Bonchev–Trinajstić information content (AvgIpc) is 2.22. The van der Waals surface area contributed by atoms with Crippen LogP contribution in [0.25, 0.3) is 0 Å². The van der Waals surface area contributed by atoms with Gasteiger partial charge in [-0.25, -0.2) is 0 Å². The fraction of sp³-hybridized carbons (Fsp3) is 0.900. The maximum absolute atomic E-state index is 10.6. The van der Waals surface area contributed by atoms with Crippen LogP contribution >= 0.6 is 0 Å². The highest BCUT2D eigenvalue weighted by molar-refractivity contribution is 5.78. The Morgan fingerprint density at radius 1 is 1.69 bits per heavy atom. The number of nitrogens with one attached hydrogen (secondary N) is 1. The zero-order chi connectivity index (χ0) is 12.1. The first-order chi connectivity index (χ1) is 7.60. The standard InChI is InChI=1S/C10H20N2O4/c1-3-16-8-4-6(9(8)15-2)12-5-7(13)10(11)14/h6-9,12-13H,3-5H2,1-2H3,(H2,11,14). The summed E-state index contributed by atoms with van der Waals surface area (Å²) in [4.78, 5) is 10.6. The molecule has 0 aromatic carbocycles. The molecular formula is C10H20N2O4. The Bertz CT molecular complexity index is 237. The van der Waals surface area contributed by atoms with Crippen LogP contribution in [0.1, 0.15) is 13.3 Å². The van der Waals surface area contributed by atoms with Crippen molar-refractivity contribution >= 4 is 5.91 Å². The van der Waals surface area contributed by atoms with Crippen molar-refractivity contribution in [3.8, 4) is 0 Å². The second-order valence-corrected chi connectivity index (χ2v) is 3.86. The van der Waals surface area contributed by atoms with Crippen LogP contribution in [0.3, 0.4) is 0 Å². The van der Waals surface area contributed by atoms with Crippen LogP contribution < -0.4 is 11.1 Å².